The van der Waals surface area contributed by atoms with E-state index in [2.05, 4.69) is 0 Å². The summed E-state index contributed by atoms with van der Waals surface area (Å²) in [7, 11) is 0. The van der Waals surface area contributed by atoms with Gasteiger partial charge in [0.15, 0.2) is 0 Å². The summed E-state index contributed by atoms with van der Waals surface area (Å²) in [5.74, 6) is -0.359. The quantitative estimate of drug-likeness (QED) is 0.739. The first-order chi connectivity index (χ1) is 6.03. The lowest BCUT2D eigenvalue weighted by molar-refractivity contribution is 0.146. The second kappa shape index (κ2) is 2.69. The van der Waals surface area contributed by atoms with Gasteiger partial charge in [-0.1, -0.05) is 11.6 Å². The van der Waals surface area contributed by atoms with E-state index in [0.717, 1.165) is 0 Å². The third-order valence-electron chi connectivity index (χ3n) is 2.47. The number of hydrogen-bond donors (Lipinski definition) is 1. The molecule has 1 nitrogen and oxygen atoms in total. The maximum atomic E-state index is 13.3. The van der Waals surface area contributed by atoms with Crippen molar-refractivity contribution in [2.75, 3.05) is 0 Å². The Balaban J connectivity index is 2.52. The van der Waals surface area contributed by atoms with E-state index in [9.17, 15) is 9.50 Å². The molecule has 0 saturated heterocycles. The van der Waals surface area contributed by atoms with Gasteiger partial charge in [0, 0.05) is 10.6 Å². The van der Waals surface area contributed by atoms with Crippen LogP contribution in [-0.4, -0.2) is 5.11 Å². The maximum Gasteiger partial charge on any atom is 0.129 e. The lowest BCUT2D eigenvalue weighted by Crippen LogP contribution is -2.07. The van der Waals surface area contributed by atoms with E-state index in [1.807, 2.05) is 0 Å². The smallest absolute Gasteiger partial charge is 0.129 e. The largest absolute Gasteiger partial charge is 0.385 e. The second-order valence-corrected chi connectivity index (χ2v) is 4.02. The van der Waals surface area contributed by atoms with E-state index in [1.165, 1.54) is 12.1 Å². The lowest BCUT2D eigenvalue weighted by atomic mass is 10.1. The number of hydrogen-bond acceptors (Lipinski definition) is 1. The zero-order valence-corrected chi connectivity index (χ0v) is 8.03. The molecule has 0 heterocycles. The van der Waals surface area contributed by atoms with Gasteiger partial charge in [-0.25, -0.2) is 4.39 Å². The summed E-state index contributed by atoms with van der Waals surface area (Å²) < 4.78 is 13.3. The number of halogens is 2. The first-order valence-electron chi connectivity index (χ1n) is 4.21. The predicted octanol–water partition coefficient (Wildman–Crippen LogP) is 2.77. The van der Waals surface area contributed by atoms with E-state index >= 15 is 0 Å². The second-order valence-electron chi connectivity index (χ2n) is 3.61. The van der Waals surface area contributed by atoms with Crippen LogP contribution < -0.4 is 0 Å². The van der Waals surface area contributed by atoms with Crippen molar-refractivity contribution in [3.8, 4) is 0 Å². The average molecular weight is 201 g/mol. The Hall–Kier alpha value is -0.600. The Bertz CT molecular complexity index is 358. The summed E-state index contributed by atoms with van der Waals surface area (Å²) in [6.07, 6.45) is 1.26. The molecule has 1 N–H and O–H groups in total. The summed E-state index contributed by atoms with van der Waals surface area (Å²) >= 11 is 5.84. The van der Waals surface area contributed by atoms with Crippen LogP contribution in [0.5, 0.6) is 0 Å². The topological polar surface area (TPSA) is 20.2 Å². The van der Waals surface area contributed by atoms with Crippen molar-refractivity contribution >= 4 is 11.6 Å². The highest BCUT2D eigenvalue weighted by molar-refractivity contribution is 6.31. The van der Waals surface area contributed by atoms with Gasteiger partial charge in [0.1, 0.15) is 5.82 Å². The van der Waals surface area contributed by atoms with Gasteiger partial charge in [-0.05, 0) is 37.5 Å². The van der Waals surface area contributed by atoms with Crippen LogP contribution in [-0.2, 0) is 5.60 Å². The molecule has 3 heteroatoms. The van der Waals surface area contributed by atoms with Gasteiger partial charge in [0.05, 0.1) is 5.60 Å². The van der Waals surface area contributed by atoms with Gasteiger partial charge in [0.2, 0.25) is 0 Å². The van der Waals surface area contributed by atoms with Gasteiger partial charge in [-0.15, -0.1) is 0 Å². The molecule has 0 radical (unpaired) electrons. The predicted molar refractivity (Wildman–Crippen MR) is 49.3 cm³/mol. The van der Waals surface area contributed by atoms with Crippen molar-refractivity contribution in [2.24, 2.45) is 0 Å². The fourth-order valence-electron chi connectivity index (χ4n) is 1.39. The summed E-state index contributed by atoms with van der Waals surface area (Å²) in [5.41, 5.74) is 0.0943. The van der Waals surface area contributed by atoms with Crippen molar-refractivity contribution in [1.29, 1.82) is 0 Å². The summed E-state index contributed by atoms with van der Waals surface area (Å²) in [6, 6.07) is 2.90. The molecular formula is C10H10ClFO. The van der Waals surface area contributed by atoms with Crippen LogP contribution in [0.25, 0.3) is 0 Å². The van der Waals surface area contributed by atoms with E-state index in [4.69, 9.17) is 11.6 Å². The molecule has 13 heavy (non-hydrogen) atoms. The minimum Gasteiger partial charge on any atom is -0.385 e. The number of rotatable bonds is 1. The van der Waals surface area contributed by atoms with Gasteiger partial charge in [0.25, 0.3) is 0 Å². The van der Waals surface area contributed by atoms with Crippen LogP contribution in [0, 0.1) is 12.7 Å². The minimum absolute atomic E-state index is 0.336. The molecule has 0 atom stereocenters. The van der Waals surface area contributed by atoms with Crippen LogP contribution >= 0.6 is 11.6 Å². The van der Waals surface area contributed by atoms with E-state index in [1.54, 1.807) is 6.92 Å². The Morgan fingerprint density at radius 2 is 2.08 bits per heavy atom. The molecule has 1 aromatic rings. The van der Waals surface area contributed by atoms with Crippen LogP contribution in [0.4, 0.5) is 4.39 Å². The monoisotopic (exact) mass is 200 g/mol. The molecule has 0 unspecified atom stereocenters. The van der Waals surface area contributed by atoms with Crippen LogP contribution in [0.15, 0.2) is 12.1 Å². The first kappa shape index (κ1) is 8.97. The van der Waals surface area contributed by atoms with E-state index in [-0.39, 0.29) is 5.82 Å². The lowest BCUT2D eigenvalue weighted by Gasteiger charge is -2.10. The van der Waals surface area contributed by atoms with Crippen LogP contribution in [0.1, 0.15) is 24.0 Å². The standard InChI is InChI=1S/C10H10ClFO/c1-6-4-9(12)7(5-8(6)11)10(13)2-3-10/h4-5,13H,2-3H2,1H3. The minimum atomic E-state index is -0.943. The Morgan fingerprint density at radius 3 is 2.62 bits per heavy atom. The van der Waals surface area contributed by atoms with Gasteiger partial charge in [-0.3, -0.25) is 0 Å². The highest BCUT2D eigenvalue weighted by Crippen LogP contribution is 2.47. The van der Waals surface area contributed by atoms with Crippen molar-refractivity contribution < 1.29 is 9.50 Å². The molecule has 0 bridgehead atoms. The SMILES string of the molecule is Cc1cc(F)c(C2(O)CC2)cc1Cl. The zero-order chi connectivity index (χ0) is 9.64. The summed E-state index contributed by atoms with van der Waals surface area (Å²) in [4.78, 5) is 0. The molecule has 0 amide bonds. The molecule has 1 fully saturated rings. The molecule has 1 aromatic carbocycles. The average Bonchev–Trinajstić information content (AvgIpc) is 2.77. The number of aliphatic hydroxyl groups is 1. The van der Waals surface area contributed by atoms with Crippen LogP contribution in [0.3, 0.4) is 0 Å². The molecule has 1 saturated carbocycles. The van der Waals surface area contributed by atoms with Crippen molar-refractivity contribution in [2.45, 2.75) is 25.4 Å². The Labute approximate surface area is 81.1 Å². The van der Waals surface area contributed by atoms with Crippen molar-refractivity contribution in [3.05, 3.63) is 34.1 Å². The molecule has 2 rings (SSSR count). The normalized spacial score (nSPS) is 18.8. The Kier molecular flexibility index (Phi) is 1.86. The molecule has 1 aliphatic rings. The van der Waals surface area contributed by atoms with E-state index in [0.29, 0.717) is 29.0 Å². The molecule has 0 spiro atoms. The number of benzene rings is 1. The summed E-state index contributed by atoms with van der Waals surface area (Å²) in [5, 5.41) is 10.2. The molecular weight excluding hydrogens is 191 g/mol. The van der Waals surface area contributed by atoms with Crippen molar-refractivity contribution in [1.82, 2.24) is 0 Å². The fraction of sp³-hybridized carbons (Fsp3) is 0.400. The molecule has 0 aromatic heterocycles. The van der Waals surface area contributed by atoms with Gasteiger partial charge in [-0.2, -0.15) is 0 Å². The van der Waals surface area contributed by atoms with Gasteiger partial charge >= 0.3 is 0 Å². The van der Waals surface area contributed by atoms with E-state index < -0.39 is 5.60 Å². The molecule has 70 valence electrons. The maximum absolute atomic E-state index is 13.3. The third kappa shape index (κ3) is 1.45. The summed E-state index contributed by atoms with van der Waals surface area (Å²) in [6.45, 7) is 1.74. The third-order valence-corrected chi connectivity index (χ3v) is 2.88. The Morgan fingerprint density at radius 1 is 1.46 bits per heavy atom. The highest BCUT2D eigenvalue weighted by Gasteiger charge is 2.44. The number of aryl methyl sites for hydroxylation is 1. The zero-order valence-electron chi connectivity index (χ0n) is 7.27. The van der Waals surface area contributed by atoms with Crippen molar-refractivity contribution in [3.63, 3.8) is 0 Å². The van der Waals surface area contributed by atoms with Gasteiger partial charge < -0.3 is 5.11 Å². The highest BCUT2D eigenvalue weighted by atomic mass is 35.5. The van der Waals surface area contributed by atoms with Crippen LogP contribution in [0.2, 0.25) is 5.02 Å². The first-order valence-corrected chi connectivity index (χ1v) is 4.59. The molecule has 0 aliphatic heterocycles. The fourth-order valence-corrected chi connectivity index (χ4v) is 1.55. The molecule has 1 aliphatic carbocycles.